The summed E-state index contributed by atoms with van der Waals surface area (Å²) < 4.78 is 0. The number of hydrogen-bond donors (Lipinski definition) is 4. The highest BCUT2D eigenvalue weighted by Gasteiger charge is 2.28. The third-order valence-electron chi connectivity index (χ3n) is 2.01. The van der Waals surface area contributed by atoms with Crippen LogP contribution in [-0.2, 0) is 4.79 Å². The van der Waals surface area contributed by atoms with E-state index < -0.39 is 24.2 Å². The zero-order chi connectivity index (χ0) is 12.1. The number of carbonyl (C=O) groups is 2. The van der Waals surface area contributed by atoms with Gasteiger partial charge in [-0.05, 0) is 5.56 Å². The number of hydrogen-bond acceptors (Lipinski definition) is 3. The third-order valence-corrected chi connectivity index (χ3v) is 2.01. The van der Waals surface area contributed by atoms with E-state index in [4.69, 9.17) is 10.2 Å². The minimum absolute atomic E-state index is 0. The second-order valence-corrected chi connectivity index (χ2v) is 3.12. The van der Waals surface area contributed by atoms with Gasteiger partial charge in [0.1, 0.15) is 0 Å². The fraction of sp³-hybridized carbons (Fsp3) is 0.200. The molecule has 2 atom stereocenters. The average Bonchev–Trinajstić information content (AvgIpc) is 2.26. The minimum atomic E-state index is -1.82. The van der Waals surface area contributed by atoms with Gasteiger partial charge in [0.05, 0.1) is 6.04 Å². The number of rotatable bonds is 4. The average molecular weight is 279 g/mol. The Balaban J connectivity index is -0.000000853. The van der Waals surface area contributed by atoms with E-state index in [9.17, 15) is 14.7 Å². The van der Waals surface area contributed by atoms with Crippen LogP contribution in [0.15, 0.2) is 30.3 Å². The first-order valence-corrected chi connectivity index (χ1v) is 4.47. The summed E-state index contributed by atoms with van der Waals surface area (Å²) in [4.78, 5) is 21.1. The summed E-state index contributed by atoms with van der Waals surface area (Å²) in [5, 5.41) is 28.5. The molecule has 19 heavy (non-hydrogen) atoms. The summed E-state index contributed by atoms with van der Waals surface area (Å²) in [5.74, 6) is -1.48. The lowest BCUT2D eigenvalue weighted by molar-refractivity contribution is -0.148. The minimum Gasteiger partial charge on any atom is -0.479 e. The van der Waals surface area contributed by atoms with Gasteiger partial charge >= 0.3 is 12.1 Å². The molecule has 0 aliphatic rings. The summed E-state index contributed by atoms with van der Waals surface area (Å²) >= 11 is 0. The van der Waals surface area contributed by atoms with E-state index in [2.05, 4.69) is 0 Å². The smallest absolute Gasteiger partial charge is 0.405 e. The molecule has 1 rings (SSSR count). The lowest BCUT2D eigenvalue weighted by atomic mass is 10.0. The molecular formula is C10H17NO8. The highest BCUT2D eigenvalue weighted by Crippen LogP contribution is 2.16. The summed E-state index contributed by atoms with van der Waals surface area (Å²) in [5.41, 5.74) is 0.389. The summed E-state index contributed by atoms with van der Waals surface area (Å²) in [6.45, 7) is 0. The lowest BCUT2D eigenvalue weighted by Gasteiger charge is -2.20. The SMILES string of the molecule is O.O.O.O=C(O)NC(c1ccccc1)C(O)C(=O)O. The maximum atomic E-state index is 10.6. The molecule has 0 spiro atoms. The molecule has 1 aromatic carbocycles. The Morgan fingerprint density at radius 3 is 1.84 bits per heavy atom. The Hall–Kier alpha value is -2.20. The Kier molecular flexibility index (Phi) is 11.3. The fourth-order valence-corrected chi connectivity index (χ4v) is 1.28. The predicted molar refractivity (Wildman–Crippen MR) is 64.8 cm³/mol. The van der Waals surface area contributed by atoms with E-state index >= 15 is 0 Å². The first-order chi connectivity index (χ1) is 7.52. The maximum absolute atomic E-state index is 10.6. The molecule has 0 heterocycles. The van der Waals surface area contributed by atoms with Gasteiger partial charge in [0, 0.05) is 0 Å². The van der Waals surface area contributed by atoms with Gasteiger partial charge in [0.2, 0.25) is 0 Å². The zero-order valence-corrected chi connectivity index (χ0v) is 9.70. The maximum Gasteiger partial charge on any atom is 0.405 e. The molecular weight excluding hydrogens is 262 g/mol. The van der Waals surface area contributed by atoms with Crippen molar-refractivity contribution < 1.29 is 41.3 Å². The van der Waals surface area contributed by atoms with Crippen molar-refractivity contribution in [1.82, 2.24) is 5.32 Å². The van der Waals surface area contributed by atoms with Crippen LogP contribution in [0.2, 0.25) is 0 Å². The number of carboxylic acid groups (broad SMARTS) is 2. The van der Waals surface area contributed by atoms with Crippen molar-refractivity contribution in [3.8, 4) is 0 Å². The molecule has 1 amide bonds. The number of benzene rings is 1. The number of carboxylic acids is 1. The molecule has 0 aliphatic heterocycles. The van der Waals surface area contributed by atoms with Crippen LogP contribution in [0.5, 0.6) is 0 Å². The Morgan fingerprint density at radius 1 is 1.00 bits per heavy atom. The molecule has 0 fully saturated rings. The van der Waals surface area contributed by atoms with Crippen molar-refractivity contribution in [2.24, 2.45) is 0 Å². The van der Waals surface area contributed by atoms with E-state index in [1.54, 1.807) is 18.2 Å². The molecule has 10 N–H and O–H groups in total. The van der Waals surface area contributed by atoms with Crippen LogP contribution in [0.4, 0.5) is 4.79 Å². The molecule has 110 valence electrons. The molecule has 0 bridgehead atoms. The van der Waals surface area contributed by atoms with Crippen LogP contribution >= 0.6 is 0 Å². The van der Waals surface area contributed by atoms with Gasteiger partial charge < -0.3 is 37.1 Å². The van der Waals surface area contributed by atoms with Gasteiger partial charge in [0.25, 0.3) is 0 Å². The molecule has 9 heteroatoms. The summed E-state index contributed by atoms with van der Waals surface area (Å²) in [7, 11) is 0. The Labute approximate surface area is 108 Å². The monoisotopic (exact) mass is 279 g/mol. The Morgan fingerprint density at radius 2 is 1.47 bits per heavy atom. The van der Waals surface area contributed by atoms with Crippen LogP contribution < -0.4 is 5.32 Å². The summed E-state index contributed by atoms with van der Waals surface area (Å²) in [6.07, 6.45) is -3.22. The van der Waals surface area contributed by atoms with E-state index in [0.29, 0.717) is 5.56 Å². The standard InChI is InChI=1S/C10H11NO5.3H2O/c12-8(9(13)14)7(11-10(15)16)6-4-2-1-3-5-6;;;/h1-5,7-8,11-12H,(H,13,14)(H,15,16);3*1H2. The highest BCUT2D eigenvalue weighted by molar-refractivity contribution is 5.75. The Bertz CT molecular complexity index is 382. The number of nitrogens with one attached hydrogen (secondary N) is 1. The van der Waals surface area contributed by atoms with Crippen molar-refractivity contribution in [3.05, 3.63) is 35.9 Å². The fourth-order valence-electron chi connectivity index (χ4n) is 1.28. The molecule has 0 saturated heterocycles. The summed E-state index contributed by atoms with van der Waals surface area (Å²) in [6, 6.07) is 6.84. The van der Waals surface area contributed by atoms with Crippen LogP contribution in [0.1, 0.15) is 11.6 Å². The van der Waals surface area contributed by atoms with E-state index in [1.165, 1.54) is 12.1 Å². The topological polar surface area (TPSA) is 201 Å². The zero-order valence-electron chi connectivity index (χ0n) is 9.70. The second-order valence-electron chi connectivity index (χ2n) is 3.12. The molecule has 0 aliphatic carbocycles. The lowest BCUT2D eigenvalue weighted by Crippen LogP contribution is -2.39. The van der Waals surface area contributed by atoms with Crippen molar-refractivity contribution >= 4 is 12.1 Å². The normalized spacial score (nSPS) is 11.6. The van der Waals surface area contributed by atoms with Gasteiger partial charge in [-0.1, -0.05) is 30.3 Å². The molecule has 0 aromatic heterocycles. The van der Waals surface area contributed by atoms with Gasteiger partial charge in [-0.15, -0.1) is 0 Å². The molecule has 9 nitrogen and oxygen atoms in total. The van der Waals surface area contributed by atoms with Crippen molar-refractivity contribution in [1.29, 1.82) is 0 Å². The number of aliphatic hydroxyl groups is 1. The first kappa shape index (κ1) is 22.0. The van der Waals surface area contributed by atoms with Crippen molar-refractivity contribution in [3.63, 3.8) is 0 Å². The highest BCUT2D eigenvalue weighted by atomic mass is 16.4. The molecule has 0 radical (unpaired) electrons. The quantitative estimate of drug-likeness (QED) is 0.490. The van der Waals surface area contributed by atoms with Gasteiger partial charge in [-0.3, -0.25) is 0 Å². The van der Waals surface area contributed by atoms with Crippen molar-refractivity contribution in [2.75, 3.05) is 0 Å². The van der Waals surface area contributed by atoms with Crippen LogP contribution in [0.25, 0.3) is 0 Å². The van der Waals surface area contributed by atoms with E-state index in [-0.39, 0.29) is 16.4 Å². The van der Waals surface area contributed by atoms with Crippen LogP contribution in [0.3, 0.4) is 0 Å². The van der Waals surface area contributed by atoms with E-state index in [1.807, 2.05) is 5.32 Å². The van der Waals surface area contributed by atoms with Crippen LogP contribution in [-0.4, -0.2) is 49.9 Å². The third kappa shape index (κ3) is 6.33. The molecule has 0 saturated carbocycles. The van der Waals surface area contributed by atoms with Gasteiger partial charge in [-0.2, -0.15) is 0 Å². The number of aliphatic hydroxyl groups excluding tert-OH is 1. The van der Waals surface area contributed by atoms with E-state index in [0.717, 1.165) is 0 Å². The van der Waals surface area contributed by atoms with Crippen molar-refractivity contribution in [2.45, 2.75) is 12.1 Å². The molecule has 2 unspecified atom stereocenters. The predicted octanol–water partition coefficient (Wildman–Crippen LogP) is -2.03. The largest absolute Gasteiger partial charge is 0.479 e. The first-order valence-electron chi connectivity index (χ1n) is 4.47. The van der Waals surface area contributed by atoms with Crippen LogP contribution in [0, 0.1) is 0 Å². The van der Waals surface area contributed by atoms with Gasteiger partial charge in [-0.25, -0.2) is 9.59 Å². The van der Waals surface area contributed by atoms with Gasteiger partial charge in [0.15, 0.2) is 6.10 Å². The second kappa shape index (κ2) is 9.79. The number of aliphatic carboxylic acids is 1. The number of amides is 1. The molecule has 1 aromatic rings.